The number of alkyl carbamates (subject to hydrolysis) is 1. The van der Waals surface area contributed by atoms with Gasteiger partial charge in [-0.3, -0.25) is 0 Å². The summed E-state index contributed by atoms with van der Waals surface area (Å²) in [5, 5.41) is 23.2. The molecule has 2 unspecified atom stereocenters. The Labute approximate surface area is 189 Å². The van der Waals surface area contributed by atoms with E-state index in [-0.39, 0.29) is 29.4 Å². The number of rotatable bonds is 6. The van der Waals surface area contributed by atoms with Crippen LogP contribution in [0, 0.1) is 0 Å². The summed E-state index contributed by atoms with van der Waals surface area (Å²) in [6, 6.07) is 18.9. The van der Waals surface area contributed by atoms with Crippen molar-refractivity contribution in [1.29, 1.82) is 0 Å². The minimum Gasteiger partial charge on any atom is -0.449 e. The van der Waals surface area contributed by atoms with Crippen LogP contribution in [-0.2, 0) is 4.74 Å². The van der Waals surface area contributed by atoms with Gasteiger partial charge in [0.25, 0.3) is 0 Å². The van der Waals surface area contributed by atoms with E-state index in [9.17, 15) is 15.0 Å². The van der Waals surface area contributed by atoms with Gasteiger partial charge in [-0.05, 0) is 39.9 Å². The Morgan fingerprint density at radius 3 is 2.13 bits per heavy atom. The van der Waals surface area contributed by atoms with Crippen LogP contribution >= 0.6 is 23.2 Å². The van der Waals surface area contributed by atoms with E-state index >= 15 is 0 Å². The number of carbonyl (C=O) groups excluding carboxylic acids is 1. The maximum absolute atomic E-state index is 12.2. The normalized spacial score (nSPS) is 14.5. The minimum atomic E-state index is -1.30. The first kappa shape index (κ1) is 21.6. The van der Waals surface area contributed by atoms with Crippen molar-refractivity contribution < 1.29 is 19.7 Å². The van der Waals surface area contributed by atoms with Crippen molar-refractivity contribution in [3.8, 4) is 11.1 Å². The molecule has 0 aliphatic heterocycles. The van der Waals surface area contributed by atoms with Crippen LogP contribution in [-0.4, -0.2) is 40.5 Å². The van der Waals surface area contributed by atoms with Gasteiger partial charge in [-0.2, -0.15) is 0 Å². The summed E-state index contributed by atoms with van der Waals surface area (Å²) in [7, 11) is 0. The Balaban J connectivity index is 1.35. The number of pyridine rings is 1. The second kappa shape index (κ2) is 9.24. The number of aromatic nitrogens is 1. The van der Waals surface area contributed by atoms with Gasteiger partial charge in [-0.15, -0.1) is 0 Å². The summed E-state index contributed by atoms with van der Waals surface area (Å²) in [5.74, 6) is -0.0604. The largest absolute Gasteiger partial charge is 0.449 e. The van der Waals surface area contributed by atoms with E-state index in [1.807, 2.05) is 36.4 Å². The van der Waals surface area contributed by atoms with Crippen LogP contribution in [0.1, 0.15) is 28.7 Å². The number of ether oxygens (including phenoxy) is 1. The molecule has 3 aromatic rings. The van der Waals surface area contributed by atoms with Crippen molar-refractivity contribution in [2.24, 2.45) is 0 Å². The lowest BCUT2D eigenvalue weighted by Gasteiger charge is -2.19. The van der Waals surface area contributed by atoms with Gasteiger partial charge in [0, 0.05) is 12.5 Å². The van der Waals surface area contributed by atoms with Gasteiger partial charge < -0.3 is 20.3 Å². The third-order valence-electron chi connectivity index (χ3n) is 5.29. The molecule has 6 nitrogen and oxygen atoms in total. The Morgan fingerprint density at radius 1 is 1.00 bits per heavy atom. The number of aliphatic hydroxyl groups is 2. The third-order valence-corrected chi connectivity index (χ3v) is 5.68. The van der Waals surface area contributed by atoms with Gasteiger partial charge >= 0.3 is 6.09 Å². The molecule has 0 bridgehead atoms. The molecule has 0 saturated heterocycles. The SMILES string of the molecule is O=C(NCC(O)C(O)c1cc(Cl)nc(Cl)c1)OCC1c2ccccc2-c2ccccc21. The predicted octanol–water partition coefficient (Wildman–Crippen LogP) is 4.32. The Hall–Kier alpha value is -2.64. The number of hydrogen-bond donors (Lipinski definition) is 3. The number of benzene rings is 2. The standard InChI is InChI=1S/C23H20Cl2N2O4/c24-20-9-13(10-21(25)27-20)22(29)19(28)11-26-23(30)31-12-18-16-7-3-1-5-14(16)15-6-2-4-8-17(15)18/h1-10,18-19,22,28-29H,11-12H2,(H,26,30). The summed E-state index contributed by atoms with van der Waals surface area (Å²) in [4.78, 5) is 16.0. The number of nitrogens with one attached hydrogen (secondary N) is 1. The van der Waals surface area contributed by atoms with E-state index in [0.717, 1.165) is 22.3 Å². The van der Waals surface area contributed by atoms with Gasteiger partial charge in [0.2, 0.25) is 0 Å². The zero-order valence-corrected chi connectivity index (χ0v) is 17.8. The highest BCUT2D eigenvalue weighted by atomic mass is 35.5. The van der Waals surface area contributed by atoms with Crippen molar-refractivity contribution in [2.45, 2.75) is 18.1 Å². The highest BCUT2D eigenvalue weighted by Crippen LogP contribution is 2.44. The fourth-order valence-electron chi connectivity index (χ4n) is 3.83. The number of hydrogen-bond acceptors (Lipinski definition) is 5. The maximum atomic E-state index is 12.2. The van der Waals surface area contributed by atoms with Crippen LogP contribution in [0.5, 0.6) is 0 Å². The van der Waals surface area contributed by atoms with Crippen LogP contribution in [0.2, 0.25) is 10.3 Å². The molecule has 1 amide bonds. The average molecular weight is 459 g/mol. The summed E-state index contributed by atoms with van der Waals surface area (Å²) in [5.41, 5.74) is 4.80. The molecule has 1 aliphatic carbocycles. The quantitative estimate of drug-likeness (QED) is 0.478. The number of halogens is 2. The van der Waals surface area contributed by atoms with Crippen LogP contribution in [0.15, 0.2) is 60.7 Å². The molecular weight excluding hydrogens is 439 g/mol. The van der Waals surface area contributed by atoms with Crippen molar-refractivity contribution in [3.05, 3.63) is 87.7 Å². The van der Waals surface area contributed by atoms with Gasteiger partial charge in [-0.1, -0.05) is 71.7 Å². The molecule has 0 spiro atoms. The van der Waals surface area contributed by atoms with Gasteiger partial charge in [0.05, 0.1) is 0 Å². The molecule has 0 fully saturated rings. The Morgan fingerprint density at radius 2 is 1.55 bits per heavy atom. The summed E-state index contributed by atoms with van der Waals surface area (Å²) in [6.07, 6.45) is -3.26. The van der Waals surface area contributed by atoms with Crippen LogP contribution in [0.3, 0.4) is 0 Å². The highest BCUT2D eigenvalue weighted by molar-refractivity contribution is 6.32. The number of aliphatic hydroxyl groups excluding tert-OH is 2. The molecule has 8 heteroatoms. The molecular formula is C23H20Cl2N2O4. The van der Waals surface area contributed by atoms with E-state index < -0.39 is 18.3 Å². The van der Waals surface area contributed by atoms with E-state index in [2.05, 4.69) is 22.4 Å². The molecule has 160 valence electrons. The van der Waals surface area contributed by atoms with Crippen molar-refractivity contribution in [1.82, 2.24) is 10.3 Å². The lowest BCUT2D eigenvalue weighted by Crippen LogP contribution is -2.36. The maximum Gasteiger partial charge on any atom is 0.407 e. The molecule has 0 saturated carbocycles. The molecule has 2 aromatic carbocycles. The zero-order chi connectivity index (χ0) is 22.0. The Bertz CT molecular complexity index is 1040. The van der Waals surface area contributed by atoms with Crippen LogP contribution in [0.4, 0.5) is 4.79 Å². The molecule has 0 radical (unpaired) electrons. The molecule has 1 aliphatic rings. The monoisotopic (exact) mass is 458 g/mol. The molecule has 1 heterocycles. The topological polar surface area (TPSA) is 91.7 Å². The van der Waals surface area contributed by atoms with E-state index in [1.54, 1.807) is 0 Å². The molecule has 31 heavy (non-hydrogen) atoms. The summed E-state index contributed by atoms with van der Waals surface area (Å²) >= 11 is 11.6. The first-order chi connectivity index (χ1) is 14.9. The number of nitrogens with zero attached hydrogens (tertiary/aromatic N) is 1. The first-order valence-electron chi connectivity index (χ1n) is 9.72. The molecule has 3 N–H and O–H groups in total. The van der Waals surface area contributed by atoms with Gasteiger partial charge in [0.1, 0.15) is 29.1 Å². The smallest absolute Gasteiger partial charge is 0.407 e. The van der Waals surface area contributed by atoms with Gasteiger partial charge in [-0.25, -0.2) is 9.78 Å². The molecule has 1 aromatic heterocycles. The van der Waals surface area contributed by atoms with Crippen molar-refractivity contribution in [3.63, 3.8) is 0 Å². The van der Waals surface area contributed by atoms with Gasteiger partial charge in [0.15, 0.2) is 0 Å². The third kappa shape index (κ3) is 4.67. The molecule has 4 rings (SSSR count). The lowest BCUT2D eigenvalue weighted by atomic mass is 9.98. The molecule has 2 atom stereocenters. The fourth-order valence-corrected chi connectivity index (χ4v) is 4.30. The lowest BCUT2D eigenvalue weighted by molar-refractivity contribution is 0.0185. The van der Waals surface area contributed by atoms with Crippen LogP contribution in [0.25, 0.3) is 11.1 Å². The second-order valence-corrected chi connectivity index (χ2v) is 8.04. The van der Waals surface area contributed by atoms with Crippen LogP contribution < -0.4 is 5.32 Å². The minimum absolute atomic E-state index is 0.0604. The first-order valence-corrected chi connectivity index (χ1v) is 10.5. The van der Waals surface area contributed by atoms with E-state index in [4.69, 9.17) is 27.9 Å². The average Bonchev–Trinajstić information content (AvgIpc) is 3.08. The highest BCUT2D eigenvalue weighted by Gasteiger charge is 2.29. The summed E-state index contributed by atoms with van der Waals surface area (Å²) < 4.78 is 5.42. The number of fused-ring (bicyclic) bond motifs is 3. The van der Waals surface area contributed by atoms with Crippen molar-refractivity contribution in [2.75, 3.05) is 13.2 Å². The van der Waals surface area contributed by atoms with Crippen molar-refractivity contribution >= 4 is 29.3 Å². The second-order valence-electron chi connectivity index (χ2n) is 7.26. The number of amides is 1. The zero-order valence-electron chi connectivity index (χ0n) is 16.3. The van der Waals surface area contributed by atoms with E-state index in [1.165, 1.54) is 12.1 Å². The number of carbonyl (C=O) groups is 1. The predicted molar refractivity (Wildman–Crippen MR) is 118 cm³/mol. The van der Waals surface area contributed by atoms with E-state index in [0.29, 0.717) is 5.56 Å². The fraction of sp³-hybridized carbons (Fsp3) is 0.217. The summed E-state index contributed by atoms with van der Waals surface area (Å²) in [6.45, 7) is -0.0521. The Kier molecular flexibility index (Phi) is 6.43.